The minimum absolute atomic E-state index is 0.0408. The maximum absolute atomic E-state index is 13.1. The average Bonchev–Trinajstić information content (AvgIpc) is 3.29. The van der Waals surface area contributed by atoms with E-state index >= 15 is 0 Å². The zero-order valence-corrected chi connectivity index (χ0v) is 20.2. The molecule has 0 saturated carbocycles. The van der Waals surface area contributed by atoms with E-state index in [0.717, 1.165) is 11.3 Å². The molecule has 0 aliphatic heterocycles. The number of aromatic nitrogens is 3. The number of non-ortho nitro benzene ring substituents is 1. The van der Waals surface area contributed by atoms with Crippen molar-refractivity contribution in [3.63, 3.8) is 0 Å². The number of para-hydroxylation sites is 1. The lowest BCUT2D eigenvalue weighted by molar-refractivity contribution is -0.384. The highest BCUT2D eigenvalue weighted by molar-refractivity contribution is 6.31. The monoisotopic (exact) mass is 495 g/mol. The summed E-state index contributed by atoms with van der Waals surface area (Å²) < 4.78 is 12.8. The molecule has 0 atom stereocenters. The van der Waals surface area contributed by atoms with Crippen LogP contribution in [0.2, 0.25) is 5.02 Å². The first kappa shape index (κ1) is 24.0. The Morgan fingerprint density at radius 1 is 1.20 bits per heavy atom. The Balaban J connectivity index is 1.63. The molecule has 2 heterocycles. The largest absolute Gasteiger partial charge is 0.457 e. The number of hydrogen-bond donors (Lipinski definition) is 1. The molecule has 2 aromatic carbocycles. The van der Waals surface area contributed by atoms with Gasteiger partial charge >= 0.3 is 0 Å². The molecule has 0 spiro atoms. The standard InChI is InChI=1S/C24H22ClN5O5/c1-13-7-5-6-8-21(13)34-19-10-17(9-18(11-19)30(32)33)26-24(31)23-20(16(4)35-28-23)12-29-15(3)22(25)14(2)27-29/h5-11H,12H2,1-4H3,(H,26,31). The van der Waals surface area contributed by atoms with E-state index in [4.69, 9.17) is 20.9 Å². The Bertz CT molecular complexity index is 1440. The van der Waals surface area contributed by atoms with E-state index in [9.17, 15) is 14.9 Å². The molecule has 1 N–H and O–H groups in total. The van der Waals surface area contributed by atoms with Crippen LogP contribution in [0.5, 0.6) is 11.5 Å². The number of nitrogens with one attached hydrogen (secondary N) is 1. The number of aryl methyl sites for hydroxylation is 3. The second-order valence-electron chi connectivity index (χ2n) is 8.00. The van der Waals surface area contributed by atoms with Gasteiger partial charge in [-0.25, -0.2) is 0 Å². The van der Waals surface area contributed by atoms with Crippen LogP contribution in [0.3, 0.4) is 0 Å². The van der Waals surface area contributed by atoms with Crippen LogP contribution in [0.1, 0.15) is 38.8 Å². The van der Waals surface area contributed by atoms with Crippen molar-refractivity contribution in [2.24, 2.45) is 0 Å². The minimum atomic E-state index is -0.591. The molecule has 0 fully saturated rings. The third kappa shape index (κ3) is 5.02. The van der Waals surface area contributed by atoms with Crippen LogP contribution in [0.25, 0.3) is 0 Å². The van der Waals surface area contributed by atoms with Gasteiger partial charge in [0.1, 0.15) is 17.3 Å². The lowest BCUT2D eigenvalue weighted by Gasteiger charge is -2.11. The van der Waals surface area contributed by atoms with E-state index in [-0.39, 0.29) is 29.4 Å². The number of carbonyl (C=O) groups excluding carboxylic acids is 1. The van der Waals surface area contributed by atoms with Gasteiger partial charge in [-0.05, 0) is 39.3 Å². The molecule has 4 rings (SSSR count). The third-order valence-electron chi connectivity index (χ3n) is 5.48. The van der Waals surface area contributed by atoms with E-state index in [0.29, 0.717) is 27.8 Å². The lowest BCUT2D eigenvalue weighted by Crippen LogP contribution is -2.16. The van der Waals surface area contributed by atoms with Gasteiger partial charge < -0.3 is 14.6 Å². The van der Waals surface area contributed by atoms with E-state index in [1.807, 2.05) is 26.0 Å². The number of carbonyl (C=O) groups is 1. The molecule has 0 radical (unpaired) electrons. The van der Waals surface area contributed by atoms with E-state index < -0.39 is 10.8 Å². The second kappa shape index (κ2) is 9.59. The summed E-state index contributed by atoms with van der Waals surface area (Å²) in [5.41, 5.74) is 2.77. The van der Waals surface area contributed by atoms with E-state index in [1.54, 1.807) is 30.7 Å². The van der Waals surface area contributed by atoms with Gasteiger partial charge in [0.25, 0.3) is 11.6 Å². The lowest BCUT2D eigenvalue weighted by atomic mass is 10.1. The molecule has 0 aliphatic rings. The number of nitro groups is 1. The average molecular weight is 496 g/mol. The number of rotatable bonds is 7. The Morgan fingerprint density at radius 3 is 2.60 bits per heavy atom. The number of benzene rings is 2. The second-order valence-corrected chi connectivity index (χ2v) is 8.38. The molecule has 180 valence electrons. The summed E-state index contributed by atoms with van der Waals surface area (Å²) in [6, 6.07) is 11.3. The fourth-order valence-electron chi connectivity index (χ4n) is 3.54. The van der Waals surface area contributed by atoms with Crippen molar-refractivity contribution in [3.05, 3.63) is 91.6 Å². The molecule has 2 aromatic heterocycles. The summed E-state index contributed by atoms with van der Waals surface area (Å²) >= 11 is 6.24. The smallest absolute Gasteiger partial charge is 0.278 e. The van der Waals surface area contributed by atoms with Gasteiger partial charge in [0.05, 0.1) is 39.6 Å². The summed E-state index contributed by atoms with van der Waals surface area (Å²) in [7, 11) is 0. The summed E-state index contributed by atoms with van der Waals surface area (Å²) in [4.78, 5) is 24.0. The molecule has 0 unspecified atom stereocenters. The van der Waals surface area contributed by atoms with E-state index in [2.05, 4.69) is 15.6 Å². The molecule has 0 aliphatic carbocycles. The number of halogens is 1. The van der Waals surface area contributed by atoms with Crippen LogP contribution in [0.4, 0.5) is 11.4 Å². The maximum atomic E-state index is 13.1. The van der Waals surface area contributed by atoms with E-state index in [1.165, 1.54) is 18.2 Å². The number of anilines is 1. The summed E-state index contributed by atoms with van der Waals surface area (Å²) in [5, 5.41) is 23.0. The van der Waals surface area contributed by atoms with Gasteiger partial charge in [0.15, 0.2) is 5.69 Å². The van der Waals surface area contributed by atoms with Crippen LogP contribution in [-0.2, 0) is 6.54 Å². The Hall–Kier alpha value is -4.18. The summed E-state index contributed by atoms with van der Waals surface area (Å²) in [6.07, 6.45) is 0. The Kier molecular flexibility index (Phi) is 6.57. The van der Waals surface area contributed by atoms with Crippen LogP contribution in [0, 0.1) is 37.8 Å². The molecule has 1 amide bonds. The first-order valence-electron chi connectivity index (χ1n) is 10.6. The van der Waals surface area contributed by atoms with Crippen LogP contribution >= 0.6 is 11.6 Å². The molecule has 0 bridgehead atoms. The van der Waals surface area contributed by atoms with Crippen molar-refractivity contribution in [2.45, 2.75) is 34.2 Å². The maximum Gasteiger partial charge on any atom is 0.278 e. The fourth-order valence-corrected chi connectivity index (χ4v) is 3.68. The zero-order valence-electron chi connectivity index (χ0n) is 19.5. The van der Waals surface area contributed by atoms with Gasteiger partial charge in [-0.15, -0.1) is 0 Å². The van der Waals surface area contributed by atoms with Crippen molar-refractivity contribution in [2.75, 3.05) is 5.32 Å². The van der Waals surface area contributed by atoms with Gasteiger partial charge in [-0.3, -0.25) is 19.6 Å². The molecule has 0 saturated heterocycles. The minimum Gasteiger partial charge on any atom is -0.457 e. The molecule has 10 nitrogen and oxygen atoms in total. The quantitative estimate of drug-likeness (QED) is 0.255. The highest BCUT2D eigenvalue weighted by atomic mass is 35.5. The molecular weight excluding hydrogens is 474 g/mol. The molecular formula is C24H22ClN5O5. The molecule has 11 heteroatoms. The van der Waals surface area contributed by atoms with Crippen LogP contribution < -0.4 is 10.1 Å². The highest BCUT2D eigenvalue weighted by Crippen LogP contribution is 2.31. The predicted molar refractivity (Wildman–Crippen MR) is 129 cm³/mol. The van der Waals surface area contributed by atoms with Crippen molar-refractivity contribution < 1.29 is 19.0 Å². The van der Waals surface area contributed by atoms with Crippen molar-refractivity contribution in [1.82, 2.24) is 14.9 Å². The van der Waals surface area contributed by atoms with Crippen molar-refractivity contribution in [1.29, 1.82) is 0 Å². The molecule has 35 heavy (non-hydrogen) atoms. The van der Waals surface area contributed by atoms with Gasteiger partial charge in [-0.2, -0.15) is 5.10 Å². The van der Waals surface area contributed by atoms with Crippen LogP contribution in [0.15, 0.2) is 47.0 Å². The normalized spacial score (nSPS) is 10.9. The Morgan fingerprint density at radius 2 is 1.94 bits per heavy atom. The van der Waals surface area contributed by atoms with Gasteiger partial charge in [-0.1, -0.05) is 35.0 Å². The number of hydrogen-bond acceptors (Lipinski definition) is 7. The number of nitrogens with zero attached hydrogens (tertiary/aromatic N) is 4. The predicted octanol–water partition coefficient (Wildman–Crippen LogP) is 5.76. The summed E-state index contributed by atoms with van der Waals surface area (Å²) in [5.74, 6) is 0.606. The highest BCUT2D eigenvalue weighted by Gasteiger charge is 2.23. The van der Waals surface area contributed by atoms with Gasteiger partial charge in [0, 0.05) is 17.7 Å². The SMILES string of the molecule is Cc1ccccc1Oc1cc(NC(=O)c2noc(C)c2Cn2nc(C)c(Cl)c2C)cc([N+](=O)[O-])c1. The van der Waals surface area contributed by atoms with Gasteiger partial charge in [0.2, 0.25) is 0 Å². The fraction of sp³-hybridized carbons (Fsp3) is 0.208. The topological polar surface area (TPSA) is 125 Å². The number of ether oxygens (including phenoxy) is 1. The number of nitro benzene ring substituents is 1. The first-order valence-corrected chi connectivity index (χ1v) is 11.0. The first-order chi connectivity index (χ1) is 16.6. The molecule has 4 aromatic rings. The summed E-state index contributed by atoms with van der Waals surface area (Å²) in [6.45, 7) is 7.38. The number of amides is 1. The zero-order chi connectivity index (χ0) is 25.3. The van der Waals surface area contributed by atoms with Crippen molar-refractivity contribution in [3.8, 4) is 11.5 Å². The third-order valence-corrected chi connectivity index (χ3v) is 6.03. The van der Waals surface area contributed by atoms with Crippen LogP contribution in [-0.4, -0.2) is 25.8 Å². The van der Waals surface area contributed by atoms with Crippen molar-refractivity contribution >= 4 is 28.9 Å². The Labute approximate surface area is 205 Å².